The molecular weight excluding hydrogens is 437 g/mol. The molecule has 1 heterocycles. The third-order valence-electron chi connectivity index (χ3n) is 4.73. The molecule has 0 bridgehead atoms. The topological polar surface area (TPSA) is 93.5 Å². The molecule has 1 unspecified atom stereocenters. The van der Waals surface area contributed by atoms with E-state index in [9.17, 15) is 9.59 Å². The Hall–Kier alpha value is -1.99. The van der Waals surface area contributed by atoms with Crippen molar-refractivity contribution in [2.45, 2.75) is 31.5 Å². The summed E-state index contributed by atoms with van der Waals surface area (Å²) in [5.74, 6) is -0.703. The third-order valence-corrected chi connectivity index (χ3v) is 5.26. The monoisotopic (exact) mass is 457 g/mol. The van der Waals surface area contributed by atoms with Crippen molar-refractivity contribution in [3.05, 3.63) is 63.1 Å². The Morgan fingerprint density at radius 2 is 1.90 bits per heavy atom. The van der Waals surface area contributed by atoms with E-state index in [4.69, 9.17) is 33.7 Å². The lowest BCUT2D eigenvalue weighted by Crippen LogP contribution is -2.41. The molecule has 1 amide bonds. The number of nitrogens with two attached hydrogens (primary N) is 1. The maximum Gasteiger partial charge on any atom is 0.328 e. The number of methoxy groups -OCH3 is 1. The lowest BCUT2D eigenvalue weighted by atomic mass is 9.92. The number of hydrogen-bond donors (Lipinski definition) is 3. The highest BCUT2D eigenvalue weighted by Crippen LogP contribution is 2.40. The summed E-state index contributed by atoms with van der Waals surface area (Å²) in [6.07, 6.45) is 0.296. The third kappa shape index (κ3) is 5.14. The first-order valence-electron chi connectivity index (χ1n) is 8.80. The summed E-state index contributed by atoms with van der Waals surface area (Å²) in [4.78, 5) is 24.9. The number of carbonyl (C=O) groups excluding carboxylic acids is 2. The van der Waals surface area contributed by atoms with Crippen LogP contribution < -0.4 is 16.4 Å². The molecule has 1 aliphatic rings. The fraction of sp³-hybridized carbons (Fsp3) is 0.300. The Morgan fingerprint density at radius 1 is 1.24 bits per heavy atom. The largest absolute Gasteiger partial charge is 0.467 e. The molecule has 0 aliphatic carbocycles. The Kier molecular flexibility index (Phi) is 7.77. The van der Waals surface area contributed by atoms with Crippen LogP contribution in [0.5, 0.6) is 0 Å². The van der Waals surface area contributed by atoms with Gasteiger partial charge in [0.05, 0.1) is 13.2 Å². The van der Waals surface area contributed by atoms with Gasteiger partial charge < -0.3 is 21.1 Å². The second-order valence-corrected chi connectivity index (χ2v) is 7.59. The number of rotatable bonds is 4. The van der Waals surface area contributed by atoms with Crippen LogP contribution in [-0.2, 0) is 9.53 Å². The quantitative estimate of drug-likeness (QED) is 0.595. The zero-order valence-electron chi connectivity index (χ0n) is 15.9. The van der Waals surface area contributed by atoms with Crippen LogP contribution in [0.25, 0.3) is 0 Å². The molecule has 156 valence electrons. The number of hydrogen-bond acceptors (Lipinski definition) is 5. The van der Waals surface area contributed by atoms with Crippen molar-refractivity contribution < 1.29 is 14.3 Å². The van der Waals surface area contributed by atoms with E-state index in [0.717, 1.165) is 5.56 Å². The summed E-state index contributed by atoms with van der Waals surface area (Å²) in [7, 11) is 1.32. The van der Waals surface area contributed by atoms with Crippen molar-refractivity contribution in [1.29, 1.82) is 0 Å². The van der Waals surface area contributed by atoms with Crippen molar-refractivity contribution in [2.24, 2.45) is 5.73 Å². The van der Waals surface area contributed by atoms with E-state index >= 15 is 0 Å². The van der Waals surface area contributed by atoms with Gasteiger partial charge in [-0.2, -0.15) is 0 Å². The highest BCUT2D eigenvalue weighted by atomic mass is 35.5. The van der Waals surface area contributed by atoms with Crippen LogP contribution in [0, 0.1) is 0 Å². The second-order valence-electron chi connectivity index (χ2n) is 6.74. The number of fused-ring (bicyclic) bond motifs is 1. The minimum Gasteiger partial charge on any atom is -0.467 e. The van der Waals surface area contributed by atoms with Gasteiger partial charge in [-0.05, 0) is 36.8 Å². The molecule has 3 atom stereocenters. The molecule has 0 saturated heterocycles. The van der Waals surface area contributed by atoms with Gasteiger partial charge in [-0.3, -0.25) is 4.79 Å². The van der Waals surface area contributed by atoms with Crippen LogP contribution in [0.1, 0.15) is 46.9 Å². The predicted octanol–water partition coefficient (Wildman–Crippen LogP) is 4.26. The van der Waals surface area contributed by atoms with Crippen LogP contribution in [0.3, 0.4) is 0 Å². The van der Waals surface area contributed by atoms with Crippen molar-refractivity contribution >= 4 is 53.2 Å². The number of halogens is 3. The first-order valence-corrected chi connectivity index (χ1v) is 9.55. The van der Waals surface area contributed by atoms with Gasteiger partial charge in [0.2, 0.25) is 0 Å². The van der Waals surface area contributed by atoms with E-state index in [-0.39, 0.29) is 24.4 Å². The first-order chi connectivity index (χ1) is 13.3. The molecule has 0 fully saturated rings. The van der Waals surface area contributed by atoms with E-state index in [1.54, 1.807) is 24.3 Å². The van der Waals surface area contributed by atoms with Gasteiger partial charge in [0, 0.05) is 39.3 Å². The Labute approximate surface area is 185 Å². The normalized spacial score (nSPS) is 18.5. The molecule has 1 aliphatic heterocycles. The molecule has 6 nitrogen and oxygen atoms in total. The lowest BCUT2D eigenvalue weighted by molar-refractivity contribution is -0.141. The SMILES string of the molecule is COC(=O)[C@H]1C[C@H](NC(=O)c2ccc(C(C)N)cc2)c2c(Cl)cc(Cl)cc2N1.Cl. The summed E-state index contributed by atoms with van der Waals surface area (Å²) < 4.78 is 4.85. The van der Waals surface area contributed by atoms with E-state index in [2.05, 4.69) is 10.6 Å². The predicted molar refractivity (Wildman–Crippen MR) is 117 cm³/mol. The summed E-state index contributed by atoms with van der Waals surface area (Å²) in [5.41, 5.74) is 8.56. The number of anilines is 1. The minimum atomic E-state index is -0.627. The zero-order valence-corrected chi connectivity index (χ0v) is 18.2. The molecule has 3 rings (SSSR count). The van der Waals surface area contributed by atoms with E-state index in [1.807, 2.05) is 19.1 Å². The average Bonchev–Trinajstić information content (AvgIpc) is 2.66. The van der Waals surface area contributed by atoms with Crippen LogP contribution >= 0.6 is 35.6 Å². The number of benzene rings is 2. The summed E-state index contributed by atoms with van der Waals surface area (Å²) in [5, 5.41) is 6.89. The Morgan fingerprint density at radius 3 is 2.48 bits per heavy atom. The molecule has 2 aromatic carbocycles. The van der Waals surface area contributed by atoms with Crippen molar-refractivity contribution in [2.75, 3.05) is 12.4 Å². The van der Waals surface area contributed by atoms with Gasteiger partial charge in [-0.25, -0.2) is 4.79 Å². The average molecular weight is 459 g/mol. The van der Waals surface area contributed by atoms with E-state index in [0.29, 0.717) is 33.3 Å². The lowest BCUT2D eigenvalue weighted by Gasteiger charge is -2.33. The van der Waals surface area contributed by atoms with Crippen molar-refractivity contribution in [3.8, 4) is 0 Å². The second kappa shape index (κ2) is 9.67. The van der Waals surface area contributed by atoms with Gasteiger partial charge in [0.25, 0.3) is 5.91 Å². The fourth-order valence-corrected chi connectivity index (χ4v) is 3.89. The Bertz CT molecular complexity index is 904. The highest BCUT2D eigenvalue weighted by molar-refractivity contribution is 6.35. The molecule has 0 aromatic heterocycles. The van der Waals surface area contributed by atoms with Gasteiger partial charge in [0.1, 0.15) is 6.04 Å². The standard InChI is InChI=1S/C20H21Cl2N3O3.ClH/c1-10(23)11-3-5-12(6-4-11)19(26)25-16-9-17(20(27)28-2)24-15-8-13(21)7-14(22)18(15)16;/h3-8,10,16-17,24H,9,23H2,1-2H3,(H,25,26);1H/t10?,16-,17+;/m0./s1. The maximum absolute atomic E-state index is 12.8. The molecule has 0 spiro atoms. The number of carbonyl (C=O) groups is 2. The molecule has 4 N–H and O–H groups in total. The van der Waals surface area contributed by atoms with Gasteiger partial charge in [0.15, 0.2) is 0 Å². The number of nitrogens with one attached hydrogen (secondary N) is 2. The summed E-state index contributed by atoms with van der Waals surface area (Å²) in [6, 6.07) is 9.14. The summed E-state index contributed by atoms with van der Waals surface area (Å²) >= 11 is 12.5. The van der Waals surface area contributed by atoms with Crippen LogP contribution in [0.4, 0.5) is 5.69 Å². The highest BCUT2D eigenvalue weighted by Gasteiger charge is 2.34. The number of ether oxygens (including phenoxy) is 1. The molecule has 2 aromatic rings. The number of amides is 1. The molecule has 29 heavy (non-hydrogen) atoms. The maximum atomic E-state index is 12.8. The first kappa shape index (κ1) is 23.3. The van der Waals surface area contributed by atoms with Crippen molar-refractivity contribution in [3.63, 3.8) is 0 Å². The van der Waals surface area contributed by atoms with E-state index in [1.165, 1.54) is 7.11 Å². The summed E-state index contributed by atoms with van der Waals surface area (Å²) in [6.45, 7) is 1.88. The van der Waals surface area contributed by atoms with Crippen LogP contribution in [-0.4, -0.2) is 25.0 Å². The molecular formula is C20H22Cl3N3O3. The fourth-order valence-electron chi connectivity index (χ4n) is 3.27. The zero-order chi connectivity index (χ0) is 20.4. The van der Waals surface area contributed by atoms with Crippen LogP contribution in [0.15, 0.2) is 36.4 Å². The van der Waals surface area contributed by atoms with Gasteiger partial charge in [-0.1, -0.05) is 35.3 Å². The molecule has 0 radical (unpaired) electrons. The molecule has 0 saturated carbocycles. The Balaban J connectivity index is 0.00000300. The molecule has 9 heteroatoms. The minimum absolute atomic E-state index is 0. The smallest absolute Gasteiger partial charge is 0.328 e. The van der Waals surface area contributed by atoms with Gasteiger partial charge in [-0.15, -0.1) is 12.4 Å². The van der Waals surface area contributed by atoms with E-state index < -0.39 is 18.1 Å². The van der Waals surface area contributed by atoms with Crippen LogP contribution in [0.2, 0.25) is 10.0 Å². The van der Waals surface area contributed by atoms with Gasteiger partial charge >= 0.3 is 5.97 Å². The number of esters is 1. The van der Waals surface area contributed by atoms with Crippen molar-refractivity contribution in [1.82, 2.24) is 5.32 Å².